The van der Waals surface area contributed by atoms with E-state index in [1.165, 1.54) is 12.8 Å². The topological polar surface area (TPSA) is 64.7 Å². The lowest BCUT2D eigenvalue weighted by Gasteiger charge is -2.34. The molecule has 1 aliphatic heterocycles. The molecular weight excluding hydrogens is 328 g/mol. The molecule has 0 aromatic heterocycles. The van der Waals surface area contributed by atoms with Gasteiger partial charge in [-0.05, 0) is 43.4 Å². The fraction of sp³-hybridized carbons (Fsp3) is 0.600. The van der Waals surface area contributed by atoms with Crippen LogP contribution >= 0.6 is 0 Å². The Labute approximate surface area is 155 Å². The predicted octanol–water partition coefficient (Wildman–Crippen LogP) is 1.33. The summed E-state index contributed by atoms with van der Waals surface area (Å²) in [4.78, 5) is 28.6. The zero-order chi connectivity index (χ0) is 18.4. The van der Waals surface area contributed by atoms with Crippen molar-refractivity contribution in [2.75, 3.05) is 51.1 Å². The number of para-hydroxylation sites is 1. The second kappa shape index (κ2) is 9.14. The van der Waals surface area contributed by atoms with Gasteiger partial charge in [-0.2, -0.15) is 0 Å². The Morgan fingerprint density at radius 3 is 2.54 bits per heavy atom. The highest BCUT2D eigenvalue weighted by atomic mass is 16.2. The number of nitrogens with one attached hydrogen (secondary N) is 2. The zero-order valence-electron chi connectivity index (χ0n) is 15.7. The maximum Gasteiger partial charge on any atom is 0.238 e. The average molecular weight is 358 g/mol. The van der Waals surface area contributed by atoms with E-state index in [-0.39, 0.29) is 11.8 Å². The summed E-state index contributed by atoms with van der Waals surface area (Å²) in [6, 6.07) is 7.92. The number of hydrogen-bond donors (Lipinski definition) is 2. The molecule has 1 heterocycles. The van der Waals surface area contributed by atoms with E-state index < -0.39 is 0 Å². The minimum absolute atomic E-state index is 0.0109. The Kier molecular flexibility index (Phi) is 6.63. The van der Waals surface area contributed by atoms with Crippen LogP contribution in [0.5, 0.6) is 0 Å². The van der Waals surface area contributed by atoms with E-state index in [2.05, 4.69) is 22.5 Å². The Morgan fingerprint density at radius 1 is 1.12 bits per heavy atom. The van der Waals surface area contributed by atoms with E-state index in [0.717, 1.165) is 43.2 Å². The summed E-state index contributed by atoms with van der Waals surface area (Å²) in [6.45, 7) is 6.75. The Hall–Kier alpha value is -1.92. The molecule has 2 aliphatic rings. The molecule has 0 bridgehead atoms. The molecule has 3 rings (SSSR count). The summed E-state index contributed by atoms with van der Waals surface area (Å²) < 4.78 is 0. The van der Waals surface area contributed by atoms with Crippen molar-refractivity contribution in [3.63, 3.8) is 0 Å². The van der Waals surface area contributed by atoms with Crippen molar-refractivity contribution in [3.8, 4) is 0 Å². The van der Waals surface area contributed by atoms with Crippen LogP contribution in [-0.2, 0) is 16.0 Å². The number of aryl methyl sites for hydroxylation is 1. The highest BCUT2D eigenvalue weighted by Crippen LogP contribution is 2.27. The van der Waals surface area contributed by atoms with Crippen LogP contribution in [0.1, 0.15) is 25.3 Å². The summed E-state index contributed by atoms with van der Waals surface area (Å²) in [5.41, 5.74) is 2.05. The van der Waals surface area contributed by atoms with Crippen molar-refractivity contribution < 1.29 is 9.59 Å². The lowest BCUT2D eigenvalue weighted by molar-refractivity contribution is -0.132. The fourth-order valence-corrected chi connectivity index (χ4v) is 3.32. The van der Waals surface area contributed by atoms with Crippen LogP contribution in [0.4, 0.5) is 5.69 Å². The minimum atomic E-state index is 0.0109. The molecule has 2 N–H and O–H groups in total. The number of carbonyl (C=O) groups excluding carboxylic acids is 2. The number of piperazine rings is 1. The third kappa shape index (κ3) is 5.54. The van der Waals surface area contributed by atoms with Gasteiger partial charge >= 0.3 is 0 Å². The van der Waals surface area contributed by atoms with Crippen molar-refractivity contribution in [1.82, 2.24) is 15.1 Å². The van der Waals surface area contributed by atoms with Gasteiger partial charge in [0.15, 0.2) is 0 Å². The molecule has 6 nitrogen and oxygen atoms in total. The monoisotopic (exact) mass is 358 g/mol. The van der Waals surface area contributed by atoms with E-state index in [4.69, 9.17) is 0 Å². The summed E-state index contributed by atoms with van der Waals surface area (Å²) in [5, 5.41) is 6.27. The first-order chi connectivity index (χ1) is 12.7. The van der Waals surface area contributed by atoms with Crippen molar-refractivity contribution in [1.29, 1.82) is 0 Å². The van der Waals surface area contributed by atoms with E-state index in [1.54, 1.807) is 0 Å². The van der Waals surface area contributed by atoms with Crippen LogP contribution in [0.25, 0.3) is 0 Å². The van der Waals surface area contributed by atoms with Gasteiger partial charge in [0.05, 0.1) is 13.1 Å². The van der Waals surface area contributed by atoms with Gasteiger partial charge in [-0.25, -0.2) is 0 Å². The Balaban J connectivity index is 1.37. The van der Waals surface area contributed by atoms with Gasteiger partial charge in [0, 0.05) is 31.9 Å². The molecule has 1 aromatic rings. The molecule has 142 valence electrons. The number of carbonyl (C=O) groups is 2. The molecule has 2 amide bonds. The van der Waals surface area contributed by atoms with E-state index in [1.807, 2.05) is 29.2 Å². The lowest BCUT2D eigenvalue weighted by Crippen LogP contribution is -2.52. The first-order valence-corrected chi connectivity index (χ1v) is 9.74. The Bertz CT molecular complexity index is 622. The van der Waals surface area contributed by atoms with Crippen molar-refractivity contribution in [3.05, 3.63) is 29.8 Å². The highest BCUT2D eigenvalue weighted by molar-refractivity contribution is 5.93. The van der Waals surface area contributed by atoms with Crippen molar-refractivity contribution >= 4 is 17.5 Å². The van der Waals surface area contributed by atoms with Gasteiger partial charge in [-0.3, -0.25) is 14.5 Å². The average Bonchev–Trinajstić information content (AvgIpc) is 3.47. The number of rotatable bonds is 8. The molecule has 0 radical (unpaired) electrons. The van der Waals surface area contributed by atoms with Gasteiger partial charge in [-0.15, -0.1) is 0 Å². The van der Waals surface area contributed by atoms with E-state index in [9.17, 15) is 9.59 Å². The van der Waals surface area contributed by atoms with Crippen molar-refractivity contribution in [2.45, 2.75) is 26.2 Å². The molecule has 0 spiro atoms. The van der Waals surface area contributed by atoms with Crippen LogP contribution in [-0.4, -0.2) is 67.4 Å². The predicted molar refractivity (Wildman–Crippen MR) is 103 cm³/mol. The molecule has 2 fully saturated rings. The maximum atomic E-state index is 12.3. The van der Waals surface area contributed by atoms with E-state index in [0.29, 0.717) is 26.2 Å². The normalized spacial score (nSPS) is 18.0. The van der Waals surface area contributed by atoms with Gasteiger partial charge in [-0.1, -0.05) is 25.1 Å². The molecule has 0 unspecified atom stereocenters. The maximum absolute atomic E-state index is 12.3. The standard InChI is InChI=1S/C20H30N4O2/c1-2-17-5-3-4-6-18(17)22-19(25)15-23-9-11-24(12-10-23)20(26)14-21-13-16-7-8-16/h3-6,16,21H,2,7-15H2,1H3,(H,22,25). The van der Waals surface area contributed by atoms with Crippen LogP contribution in [0.2, 0.25) is 0 Å². The van der Waals surface area contributed by atoms with Gasteiger partial charge < -0.3 is 15.5 Å². The number of hydrogen-bond acceptors (Lipinski definition) is 4. The summed E-state index contributed by atoms with van der Waals surface area (Å²) in [6.07, 6.45) is 3.49. The third-order valence-corrected chi connectivity index (χ3v) is 5.17. The molecule has 1 aromatic carbocycles. The Morgan fingerprint density at radius 2 is 1.85 bits per heavy atom. The van der Waals surface area contributed by atoms with Crippen LogP contribution < -0.4 is 10.6 Å². The smallest absolute Gasteiger partial charge is 0.238 e. The molecule has 26 heavy (non-hydrogen) atoms. The largest absolute Gasteiger partial charge is 0.339 e. The lowest BCUT2D eigenvalue weighted by atomic mass is 10.1. The second-order valence-corrected chi connectivity index (χ2v) is 7.29. The van der Waals surface area contributed by atoms with Crippen molar-refractivity contribution in [2.24, 2.45) is 5.92 Å². The quantitative estimate of drug-likeness (QED) is 0.736. The van der Waals surface area contributed by atoms with Crippen LogP contribution in [0, 0.1) is 5.92 Å². The first-order valence-electron chi connectivity index (χ1n) is 9.74. The van der Waals surface area contributed by atoms with Gasteiger partial charge in [0.1, 0.15) is 0 Å². The highest BCUT2D eigenvalue weighted by Gasteiger charge is 2.24. The summed E-state index contributed by atoms with van der Waals surface area (Å²) in [5.74, 6) is 0.972. The minimum Gasteiger partial charge on any atom is -0.339 e. The number of benzene rings is 1. The zero-order valence-corrected chi connectivity index (χ0v) is 15.7. The second-order valence-electron chi connectivity index (χ2n) is 7.29. The van der Waals surface area contributed by atoms with Crippen LogP contribution in [0.15, 0.2) is 24.3 Å². The van der Waals surface area contributed by atoms with Gasteiger partial charge in [0.25, 0.3) is 0 Å². The number of amides is 2. The third-order valence-electron chi connectivity index (χ3n) is 5.17. The molecule has 1 saturated heterocycles. The number of anilines is 1. The number of nitrogens with zero attached hydrogens (tertiary/aromatic N) is 2. The van der Waals surface area contributed by atoms with Gasteiger partial charge in [0.2, 0.25) is 11.8 Å². The molecule has 1 aliphatic carbocycles. The summed E-state index contributed by atoms with van der Waals surface area (Å²) in [7, 11) is 0. The molecule has 0 atom stereocenters. The molecule has 6 heteroatoms. The summed E-state index contributed by atoms with van der Waals surface area (Å²) >= 11 is 0. The first kappa shape index (κ1) is 18.9. The molecular formula is C20H30N4O2. The molecule has 1 saturated carbocycles. The SMILES string of the molecule is CCc1ccccc1NC(=O)CN1CCN(C(=O)CNCC2CC2)CC1. The van der Waals surface area contributed by atoms with E-state index >= 15 is 0 Å². The van der Waals surface area contributed by atoms with Crippen LogP contribution in [0.3, 0.4) is 0 Å². The fourth-order valence-electron chi connectivity index (χ4n) is 3.32.